The van der Waals surface area contributed by atoms with Gasteiger partial charge in [-0.3, -0.25) is 0 Å². The number of nitrogens with zero attached hydrogens (tertiary/aromatic N) is 2. The van der Waals surface area contributed by atoms with E-state index in [1.54, 1.807) is 30.3 Å². The molecule has 0 spiro atoms. The molecule has 1 aromatic carbocycles. The van der Waals surface area contributed by atoms with Gasteiger partial charge in [0.25, 0.3) is 0 Å². The van der Waals surface area contributed by atoms with Crippen molar-refractivity contribution in [3.63, 3.8) is 0 Å². The summed E-state index contributed by atoms with van der Waals surface area (Å²) >= 11 is 5.87. The van der Waals surface area contributed by atoms with Gasteiger partial charge in [0.15, 0.2) is 0 Å². The normalized spacial score (nSPS) is 10.4. The molecule has 0 unspecified atom stereocenters. The molecule has 2 heterocycles. The third-order valence-electron chi connectivity index (χ3n) is 3.24. The van der Waals surface area contributed by atoms with Crippen LogP contribution in [0.2, 0.25) is 5.15 Å². The van der Waals surface area contributed by atoms with Crippen molar-refractivity contribution < 1.29 is 9.90 Å². The van der Waals surface area contributed by atoms with Gasteiger partial charge in [-0.2, -0.15) is 0 Å². The Hall–Kier alpha value is -2.90. The number of fused-ring (bicyclic) bond motifs is 1. The third-order valence-corrected chi connectivity index (χ3v) is 3.45. The molecule has 0 saturated heterocycles. The third kappa shape index (κ3) is 2.50. The van der Waals surface area contributed by atoms with Crippen molar-refractivity contribution in [1.29, 1.82) is 0 Å². The molecule has 4 nitrogen and oxygen atoms in total. The summed E-state index contributed by atoms with van der Waals surface area (Å²) in [6.07, 6.45) is 6.74. The average Bonchev–Trinajstić information content (AvgIpc) is 2.53. The van der Waals surface area contributed by atoms with Gasteiger partial charge < -0.3 is 5.11 Å². The molecule has 22 heavy (non-hydrogen) atoms. The van der Waals surface area contributed by atoms with Crippen LogP contribution in [0.4, 0.5) is 0 Å². The van der Waals surface area contributed by atoms with Gasteiger partial charge in [-0.15, -0.1) is 6.42 Å². The lowest BCUT2D eigenvalue weighted by atomic mass is 10.0. The lowest BCUT2D eigenvalue weighted by molar-refractivity contribution is 0.0699. The van der Waals surface area contributed by atoms with Gasteiger partial charge in [0.05, 0.1) is 16.8 Å². The number of pyridine rings is 2. The molecule has 2 aromatic heterocycles. The van der Waals surface area contributed by atoms with Crippen molar-refractivity contribution in [1.82, 2.24) is 9.97 Å². The summed E-state index contributed by atoms with van der Waals surface area (Å²) in [5.74, 6) is 1.49. The standard InChI is InChI=1S/C17H9ClN2O2/c1-2-10-3-5-11(6-4-10)14-7-12(17(21)22)13-9-19-16(18)8-15(13)20-14/h1,3-9H,(H,21,22). The van der Waals surface area contributed by atoms with Gasteiger partial charge >= 0.3 is 5.97 Å². The largest absolute Gasteiger partial charge is 0.478 e. The van der Waals surface area contributed by atoms with E-state index in [2.05, 4.69) is 15.9 Å². The van der Waals surface area contributed by atoms with Crippen LogP contribution in [0.3, 0.4) is 0 Å². The minimum atomic E-state index is -1.04. The quantitative estimate of drug-likeness (QED) is 0.580. The number of hydrogen-bond acceptors (Lipinski definition) is 3. The van der Waals surface area contributed by atoms with E-state index in [4.69, 9.17) is 18.0 Å². The minimum absolute atomic E-state index is 0.130. The maximum atomic E-state index is 11.5. The van der Waals surface area contributed by atoms with E-state index in [0.29, 0.717) is 16.6 Å². The van der Waals surface area contributed by atoms with E-state index in [0.717, 1.165) is 11.1 Å². The van der Waals surface area contributed by atoms with Crippen LogP contribution in [0.5, 0.6) is 0 Å². The fourth-order valence-corrected chi connectivity index (χ4v) is 2.31. The molecule has 3 aromatic rings. The molecule has 5 heteroatoms. The summed E-state index contributed by atoms with van der Waals surface area (Å²) in [4.78, 5) is 19.8. The molecule has 0 fully saturated rings. The fourth-order valence-electron chi connectivity index (χ4n) is 2.16. The van der Waals surface area contributed by atoms with Gasteiger partial charge in [-0.25, -0.2) is 14.8 Å². The van der Waals surface area contributed by atoms with E-state index in [9.17, 15) is 9.90 Å². The summed E-state index contributed by atoms with van der Waals surface area (Å²) in [6.45, 7) is 0. The lowest BCUT2D eigenvalue weighted by Gasteiger charge is -2.07. The highest BCUT2D eigenvalue weighted by Crippen LogP contribution is 2.26. The second-order valence-corrected chi connectivity index (χ2v) is 4.99. The number of rotatable bonds is 2. The number of aromatic carboxylic acids is 1. The molecule has 0 atom stereocenters. The lowest BCUT2D eigenvalue weighted by Crippen LogP contribution is -2.01. The summed E-state index contributed by atoms with van der Waals surface area (Å²) in [5.41, 5.74) is 2.67. The smallest absolute Gasteiger partial charge is 0.336 e. The minimum Gasteiger partial charge on any atom is -0.478 e. The Morgan fingerprint density at radius 2 is 1.95 bits per heavy atom. The second-order valence-electron chi connectivity index (χ2n) is 4.61. The van der Waals surface area contributed by atoms with Crippen molar-refractivity contribution in [2.24, 2.45) is 0 Å². The van der Waals surface area contributed by atoms with Crippen LogP contribution in [0, 0.1) is 12.3 Å². The molecule has 0 amide bonds. The van der Waals surface area contributed by atoms with Gasteiger partial charge in [0, 0.05) is 28.8 Å². The molecule has 0 saturated carbocycles. The molecule has 1 N–H and O–H groups in total. The van der Waals surface area contributed by atoms with Crippen LogP contribution in [-0.4, -0.2) is 21.0 Å². The van der Waals surface area contributed by atoms with Crippen molar-refractivity contribution in [3.05, 3.63) is 58.9 Å². The molecule has 0 radical (unpaired) electrons. The maximum Gasteiger partial charge on any atom is 0.336 e. The number of terminal acetylenes is 1. The molecule has 0 aliphatic heterocycles. The number of aromatic nitrogens is 2. The molecule has 0 aliphatic rings. The Morgan fingerprint density at radius 3 is 2.59 bits per heavy atom. The van der Waals surface area contributed by atoms with Gasteiger partial charge in [0.2, 0.25) is 0 Å². The number of hydrogen-bond donors (Lipinski definition) is 1. The monoisotopic (exact) mass is 308 g/mol. The number of carboxylic acid groups (broad SMARTS) is 1. The zero-order chi connectivity index (χ0) is 15.7. The van der Waals surface area contributed by atoms with E-state index in [-0.39, 0.29) is 10.7 Å². The molecule has 3 rings (SSSR count). The predicted molar refractivity (Wildman–Crippen MR) is 84.9 cm³/mol. The SMILES string of the molecule is C#Cc1ccc(-c2cc(C(=O)O)c3cnc(Cl)cc3n2)cc1. The topological polar surface area (TPSA) is 63.1 Å². The van der Waals surface area contributed by atoms with Crippen LogP contribution in [-0.2, 0) is 0 Å². The van der Waals surface area contributed by atoms with Crippen molar-refractivity contribution in [3.8, 4) is 23.6 Å². The Balaban J connectivity index is 2.25. The van der Waals surface area contributed by atoms with Crippen LogP contribution in [0.1, 0.15) is 15.9 Å². The summed E-state index contributed by atoms with van der Waals surface area (Å²) in [6, 6.07) is 10.2. The van der Waals surface area contributed by atoms with Crippen molar-refractivity contribution in [2.45, 2.75) is 0 Å². The molecule has 106 valence electrons. The second kappa shape index (κ2) is 5.47. The van der Waals surface area contributed by atoms with Crippen LogP contribution >= 0.6 is 11.6 Å². The van der Waals surface area contributed by atoms with E-state index in [1.165, 1.54) is 12.3 Å². The molecule has 0 aliphatic carbocycles. The Kier molecular flexibility index (Phi) is 3.50. The first-order valence-electron chi connectivity index (χ1n) is 6.35. The number of carboxylic acids is 1. The van der Waals surface area contributed by atoms with Gasteiger partial charge in [0.1, 0.15) is 5.15 Å². The Labute approximate surface area is 131 Å². The molecule has 0 bridgehead atoms. The summed E-state index contributed by atoms with van der Waals surface area (Å²) in [5, 5.41) is 10.1. The van der Waals surface area contributed by atoms with E-state index < -0.39 is 5.97 Å². The Bertz CT molecular complexity index is 928. The average molecular weight is 309 g/mol. The maximum absolute atomic E-state index is 11.5. The zero-order valence-corrected chi connectivity index (χ0v) is 12.0. The zero-order valence-electron chi connectivity index (χ0n) is 11.2. The first-order chi connectivity index (χ1) is 10.6. The highest BCUT2D eigenvalue weighted by molar-refractivity contribution is 6.30. The highest BCUT2D eigenvalue weighted by atomic mass is 35.5. The predicted octanol–water partition coefficient (Wildman–Crippen LogP) is 3.63. The fraction of sp³-hybridized carbons (Fsp3) is 0. The van der Waals surface area contributed by atoms with Crippen molar-refractivity contribution in [2.75, 3.05) is 0 Å². The van der Waals surface area contributed by atoms with Gasteiger partial charge in [-0.05, 0) is 18.2 Å². The van der Waals surface area contributed by atoms with Crippen LogP contribution in [0.25, 0.3) is 22.2 Å². The molecular weight excluding hydrogens is 300 g/mol. The molecular formula is C17H9ClN2O2. The van der Waals surface area contributed by atoms with Crippen LogP contribution in [0.15, 0.2) is 42.6 Å². The Morgan fingerprint density at radius 1 is 1.23 bits per heavy atom. The number of halogens is 1. The van der Waals surface area contributed by atoms with E-state index >= 15 is 0 Å². The number of benzene rings is 1. The van der Waals surface area contributed by atoms with E-state index in [1.807, 2.05) is 0 Å². The number of carbonyl (C=O) groups is 1. The first kappa shape index (κ1) is 14.1. The van der Waals surface area contributed by atoms with Crippen molar-refractivity contribution >= 4 is 28.5 Å². The van der Waals surface area contributed by atoms with Crippen LogP contribution < -0.4 is 0 Å². The van der Waals surface area contributed by atoms with Gasteiger partial charge in [-0.1, -0.05) is 29.7 Å². The summed E-state index contributed by atoms with van der Waals surface area (Å²) in [7, 11) is 0. The highest BCUT2D eigenvalue weighted by Gasteiger charge is 2.13. The first-order valence-corrected chi connectivity index (χ1v) is 6.73. The summed E-state index contributed by atoms with van der Waals surface area (Å²) < 4.78 is 0.